The number of rotatable bonds is 11. The number of guanidine groups is 1. The van der Waals surface area contributed by atoms with E-state index in [-0.39, 0.29) is 24.0 Å². The first-order chi connectivity index (χ1) is 11.3. The number of nitrogens with one attached hydrogen (secondary N) is 2. The van der Waals surface area contributed by atoms with Gasteiger partial charge in [-0.2, -0.15) is 0 Å². The smallest absolute Gasteiger partial charge is 0.191 e. The first kappa shape index (κ1) is 22.9. The fraction of sp³-hybridized carbons (Fsp3) is 0.588. The maximum atomic E-state index is 5.62. The second-order valence-corrected chi connectivity index (χ2v) is 4.85. The molecule has 0 aliphatic rings. The highest BCUT2D eigenvalue weighted by molar-refractivity contribution is 14.0. The lowest BCUT2D eigenvalue weighted by atomic mass is 10.2. The summed E-state index contributed by atoms with van der Waals surface area (Å²) in [5.41, 5.74) is 1.11. The number of halogens is 1. The fourth-order valence-corrected chi connectivity index (χ4v) is 1.97. The summed E-state index contributed by atoms with van der Waals surface area (Å²) in [5.74, 6) is 1.68. The van der Waals surface area contributed by atoms with E-state index in [4.69, 9.17) is 14.2 Å². The molecule has 0 radical (unpaired) electrons. The molecule has 1 aromatic carbocycles. The molecule has 0 fully saturated rings. The quantitative estimate of drug-likeness (QED) is 0.234. The van der Waals surface area contributed by atoms with Crippen molar-refractivity contribution in [3.63, 3.8) is 0 Å². The molecule has 0 saturated heterocycles. The van der Waals surface area contributed by atoms with E-state index >= 15 is 0 Å². The third kappa shape index (κ3) is 9.94. The van der Waals surface area contributed by atoms with Gasteiger partial charge in [-0.15, -0.1) is 24.0 Å². The standard InChI is InChI=1S/C17H29N3O3.HI/c1-4-23-16-9-6-5-8-15(16)14-20-17(18-2)19-10-7-11-22-13-12-21-3;/h5-6,8-9H,4,7,10-14H2,1-3H3,(H2,18,19,20);1H. The zero-order valence-electron chi connectivity index (χ0n) is 14.8. The summed E-state index contributed by atoms with van der Waals surface area (Å²) >= 11 is 0. The molecule has 0 aromatic heterocycles. The number of hydrogen-bond donors (Lipinski definition) is 2. The third-order valence-corrected chi connectivity index (χ3v) is 3.13. The SMILES string of the molecule is CCOc1ccccc1CNC(=NC)NCCCOCCOC.I. The lowest BCUT2D eigenvalue weighted by Crippen LogP contribution is -2.37. The number of benzene rings is 1. The molecule has 138 valence electrons. The van der Waals surface area contributed by atoms with Crippen LogP contribution in [0.4, 0.5) is 0 Å². The maximum absolute atomic E-state index is 5.62. The minimum absolute atomic E-state index is 0. The number of aliphatic imine (C=N–C) groups is 1. The molecule has 1 aromatic rings. The van der Waals surface area contributed by atoms with Gasteiger partial charge >= 0.3 is 0 Å². The predicted octanol–water partition coefficient (Wildman–Crippen LogP) is 2.42. The highest BCUT2D eigenvalue weighted by Crippen LogP contribution is 2.17. The van der Waals surface area contributed by atoms with Gasteiger partial charge in [0, 0.05) is 39.4 Å². The third-order valence-electron chi connectivity index (χ3n) is 3.13. The number of hydrogen-bond acceptors (Lipinski definition) is 4. The van der Waals surface area contributed by atoms with E-state index in [1.807, 2.05) is 25.1 Å². The van der Waals surface area contributed by atoms with Gasteiger partial charge in [0.05, 0.1) is 19.8 Å². The summed E-state index contributed by atoms with van der Waals surface area (Å²) in [6, 6.07) is 8.02. The van der Waals surface area contributed by atoms with Gasteiger partial charge in [0.15, 0.2) is 5.96 Å². The molecular formula is C17H30IN3O3. The molecule has 0 aliphatic heterocycles. The molecule has 7 heteroatoms. The second kappa shape index (κ2) is 15.5. The van der Waals surface area contributed by atoms with Crippen LogP contribution < -0.4 is 15.4 Å². The van der Waals surface area contributed by atoms with Crippen LogP contribution in [0.5, 0.6) is 5.75 Å². The van der Waals surface area contributed by atoms with Crippen molar-refractivity contribution in [1.82, 2.24) is 10.6 Å². The average molecular weight is 451 g/mol. The van der Waals surface area contributed by atoms with Crippen molar-refractivity contribution in [2.45, 2.75) is 19.9 Å². The molecule has 1 rings (SSSR count). The minimum Gasteiger partial charge on any atom is -0.494 e. The van der Waals surface area contributed by atoms with Crippen LogP contribution in [-0.2, 0) is 16.0 Å². The van der Waals surface area contributed by atoms with Crippen molar-refractivity contribution in [2.24, 2.45) is 4.99 Å². The summed E-state index contributed by atoms with van der Waals surface area (Å²) in [6.45, 7) is 6.10. The van der Waals surface area contributed by atoms with E-state index < -0.39 is 0 Å². The van der Waals surface area contributed by atoms with Crippen LogP contribution in [0, 0.1) is 0 Å². The van der Waals surface area contributed by atoms with Crippen LogP contribution in [0.15, 0.2) is 29.3 Å². The van der Waals surface area contributed by atoms with Gasteiger partial charge in [0.25, 0.3) is 0 Å². The van der Waals surface area contributed by atoms with Crippen molar-refractivity contribution in [3.05, 3.63) is 29.8 Å². The van der Waals surface area contributed by atoms with Gasteiger partial charge < -0.3 is 24.8 Å². The van der Waals surface area contributed by atoms with Crippen LogP contribution in [0.3, 0.4) is 0 Å². The molecule has 0 aliphatic carbocycles. The number of para-hydroxylation sites is 1. The molecule has 0 amide bonds. The van der Waals surface area contributed by atoms with Gasteiger partial charge in [-0.3, -0.25) is 4.99 Å². The van der Waals surface area contributed by atoms with Gasteiger partial charge in [0.1, 0.15) is 5.75 Å². The van der Waals surface area contributed by atoms with E-state index in [1.165, 1.54) is 0 Å². The molecule has 0 heterocycles. The molecular weight excluding hydrogens is 421 g/mol. The summed E-state index contributed by atoms with van der Waals surface area (Å²) in [6.07, 6.45) is 0.917. The number of ether oxygens (including phenoxy) is 3. The number of nitrogens with zero attached hydrogens (tertiary/aromatic N) is 1. The summed E-state index contributed by atoms with van der Waals surface area (Å²) in [5, 5.41) is 6.56. The Morgan fingerprint density at radius 1 is 1.12 bits per heavy atom. The van der Waals surface area contributed by atoms with Crippen LogP contribution in [0.2, 0.25) is 0 Å². The lowest BCUT2D eigenvalue weighted by molar-refractivity contribution is 0.0698. The highest BCUT2D eigenvalue weighted by Gasteiger charge is 2.03. The zero-order valence-corrected chi connectivity index (χ0v) is 17.2. The van der Waals surface area contributed by atoms with Gasteiger partial charge in [0.2, 0.25) is 0 Å². The minimum atomic E-state index is 0. The van der Waals surface area contributed by atoms with Gasteiger partial charge in [-0.05, 0) is 19.4 Å². The topological polar surface area (TPSA) is 64.1 Å². The van der Waals surface area contributed by atoms with E-state index in [9.17, 15) is 0 Å². The van der Waals surface area contributed by atoms with Crippen molar-refractivity contribution < 1.29 is 14.2 Å². The monoisotopic (exact) mass is 451 g/mol. The normalized spacial score (nSPS) is 10.9. The van der Waals surface area contributed by atoms with E-state index in [2.05, 4.69) is 21.7 Å². The Bertz CT molecular complexity index is 458. The molecule has 24 heavy (non-hydrogen) atoms. The molecule has 0 atom stereocenters. The predicted molar refractivity (Wildman–Crippen MR) is 109 cm³/mol. The Balaban J connectivity index is 0.00000529. The Morgan fingerprint density at radius 3 is 2.62 bits per heavy atom. The van der Waals surface area contributed by atoms with E-state index in [0.29, 0.717) is 33.0 Å². The zero-order chi connectivity index (χ0) is 16.8. The van der Waals surface area contributed by atoms with Crippen LogP contribution >= 0.6 is 24.0 Å². The first-order valence-electron chi connectivity index (χ1n) is 8.03. The number of methoxy groups -OCH3 is 1. The van der Waals surface area contributed by atoms with Crippen LogP contribution in [0.25, 0.3) is 0 Å². The van der Waals surface area contributed by atoms with Gasteiger partial charge in [-0.25, -0.2) is 0 Å². The van der Waals surface area contributed by atoms with Crippen molar-refractivity contribution in [2.75, 3.05) is 47.1 Å². The van der Waals surface area contributed by atoms with Crippen LogP contribution in [0.1, 0.15) is 18.9 Å². The Labute approximate surface area is 162 Å². The molecule has 0 bridgehead atoms. The van der Waals surface area contributed by atoms with E-state index in [0.717, 1.165) is 30.2 Å². The molecule has 0 saturated carbocycles. The van der Waals surface area contributed by atoms with Crippen molar-refractivity contribution in [1.29, 1.82) is 0 Å². The highest BCUT2D eigenvalue weighted by atomic mass is 127. The first-order valence-corrected chi connectivity index (χ1v) is 8.03. The summed E-state index contributed by atoms with van der Waals surface area (Å²) < 4.78 is 16.0. The summed E-state index contributed by atoms with van der Waals surface area (Å²) in [7, 11) is 3.43. The molecule has 2 N–H and O–H groups in total. The van der Waals surface area contributed by atoms with Crippen molar-refractivity contribution in [3.8, 4) is 5.75 Å². The average Bonchev–Trinajstić information content (AvgIpc) is 2.58. The lowest BCUT2D eigenvalue weighted by Gasteiger charge is -2.14. The molecule has 0 spiro atoms. The summed E-state index contributed by atoms with van der Waals surface area (Å²) in [4.78, 5) is 4.22. The Hall–Kier alpha value is -1.06. The van der Waals surface area contributed by atoms with Crippen molar-refractivity contribution >= 4 is 29.9 Å². The van der Waals surface area contributed by atoms with Crippen LogP contribution in [-0.4, -0.2) is 53.1 Å². The van der Waals surface area contributed by atoms with E-state index in [1.54, 1.807) is 14.2 Å². The van der Waals surface area contributed by atoms with Gasteiger partial charge in [-0.1, -0.05) is 18.2 Å². The molecule has 6 nitrogen and oxygen atoms in total. The maximum Gasteiger partial charge on any atom is 0.191 e. The fourth-order valence-electron chi connectivity index (χ4n) is 1.97. The largest absolute Gasteiger partial charge is 0.494 e. The Kier molecular flexibility index (Phi) is 14.8. The Morgan fingerprint density at radius 2 is 1.92 bits per heavy atom. The second-order valence-electron chi connectivity index (χ2n) is 4.85. The molecule has 0 unspecified atom stereocenters.